The van der Waals surface area contributed by atoms with Gasteiger partial charge in [0.15, 0.2) is 6.33 Å². The maximum Gasteiger partial charge on any atom is 0.414 e. The second-order valence-electron chi connectivity index (χ2n) is 6.46. The van der Waals surface area contributed by atoms with Crippen LogP contribution in [-0.4, -0.2) is 58.6 Å². The molecule has 26 heavy (non-hydrogen) atoms. The summed E-state index contributed by atoms with van der Waals surface area (Å²) in [6.45, 7) is 1.98. The van der Waals surface area contributed by atoms with E-state index in [4.69, 9.17) is 10.5 Å². The Kier molecular flexibility index (Phi) is 4.41. The van der Waals surface area contributed by atoms with Crippen LogP contribution >= 0.6 is 0 Å². The van der Waals surface area contributed by atoms with Gasteiger partial charge in [-0.05, 0) is 36.3 Å². The lowest BCUT2D eigenvalue weighted by Crippen LogP contribution is -2.36. The van der Waals surface area contributed by atoms with Crippen molar-refractivity contribution in [2.75, 3.05) is 36.0 Å². The van der Waals surface area contributed by atoms with Crippen molar-refractivity contribution in [2.24, 2.45) is 5.73 Å². The van der Waals surface area contributed by atoms with Crippen LogP contribution in [-0.2, 0) is 4.74 Å². The summed E-state index contributed by atoms with van der Waals surface area (Å²) in [5.41, 5.74) is 6.54. The van der Waals surface area contributed by atoms with Gasteiger partial charge < -0.3 is 15.4 Å². The monoisotopic (exact) mass is 361 g/mol. The van der Waals surface area contributed by atoms with Crippen LogP contribution in [0.4, 0.5) is 20.6 Å². The Hall–Kier alpha value is -2.75. The molecular weight excluding hydrogens is 341 g/mol. The Morgan fingerprint density at radius 1 is 1.31 bits per heavy atom. The zero-order valence-electron chi connectivity index (χ0n) is 14.2. The smallest absolute Gasteiger partial charge is 0.414 e. The van der Waals surface area contributed by atoms with E-state index in [-0.39, 0.29) is 24.5 Å². The number of hydrogen-bond acceptors (Lipinski definition) is 7. The number of hydrogen-bond donors (Lipinski definition) is 1. The van der Waals surface area contributed by atoms with Gasteiger partial charge in [-0.3, -0.25) is 4.90 Å². The van der Waals surface area contributed by atoms with Gasteiger partial charge in [-0.25, -0.2) is 9.18 Å². The highest BCUT2D eigenvalue weighted by molar-refractivity contribution is 5.90. The molecule has 1 atom stereocenters. The highest BCUT2D eigenvalue weighted by Crippen LogP contribution is 2.31. The SMILES string of the molecule is NCC1CN(c2ccc(N3CCC(n4ncnn4)CC3)c(F)c2)C(=O)O1. The van der Waals surface area contributed by atoms with Crippen molar-refractivity contribution in [3.05, 3.63) is 30.3 Å². The highest BCUT2D eigenvalue weighted by atomic mass is 19.1. The van der Waals surface area contributed by atoms with Crippen LogP contribution in [0.3, 0.4) is 0 Å². The molecule has 1 unspecified atom stereocenters. The zero-order chi connectivity index (χ0) is 18.1. The number of anilines is 2. The molecular formula is C16H20FN7O2. The third kappa shape index (κ3) is 3.07. The van der Waals surface area contributed by atoms with Gasteiger partial charge in [0, 0.05) is 19.6 Å². The number of piperidine rings is 1. The molecule has 2 saturated heterocycles. The third-order valence-corrected chi connectivity index (χ3v) is 4.88. The van der Waals surface area contributed by atoms with E-state index in [0.717, 1.165) is 12.8 Å². The van der Waals surface area contributed by atoms with Crippen LogP contribution in [0.5, 0.6) is 0 Å². The molecule has 2 aliphatic heterocycles. The molecule has 3 heterocycles. The number of ether oxygens (including phenoxy) is 1. The number of benzene rings is 1. The van der Waals surface area contributed by atoms with Crippen LogP contribution in [0.1, 0.15) is 18.9 Å². The van der Waals surface area contributed by atoms with E-state index in [2.05, 4.69) is 15.4 Å². The fourth-order valence-electron chi connectivity index (χ4n) is 3.46. The van der Waals surface area contributed by atoms with Crippen LogP contribution in [0.15, 0.2) is 24.5 Å². The first kappa shape index (κ1) is 16.7. The molecule has 1 aromatic heterocycles. The first-order valence-electron chi connectivity index (χ1n) is 8.61. The molecule has 0 saturated carbocycles. The van der Waals surface area contributed by atoms with E-state index in [1.54, 1.807) is 16.9 Å². The standard InChI is InChI=1S/C16H20FN7O2/c17-14-7-12(23-9-13(8-18)26-16(23)25)1-2-15(14)22-5-3-11(4-6-22)24-20-10-19-21-24/h1-2,7,10-11,13H,3-6,8-9,18H2. The molecule has 0 spiro atoms. The number of halogens is 1. The summed E-state index contributed by atoms with van der Waals surface area (Å²) in [4.78, 5) is 16.9. The van der Waals surface area contributed by atoms with Gasteiger partial charge in [0.05, 0.1) is 24.0 Å². The van der Waals surface area contributed by atoms with Gasteiger partial charge in [-0.15, -0.1) is 10.2 Å². The number of rotatable bonds is 4. The molecule has 0 bridgehead atoms. The number of amides is 1. The molecule has 2 N–H and O–H groups in total. The maximum atomic E-state index is 14.7. The molecule has 10 heteroatoms. The van der Waals surface area contributed by atoms with E-state index < -0.39 is 6.09 Å². The molecule has 1 aromatic carbocycles. The van der Waals surface area contributed by atoms with Gasteiger partial charge in [0.2, 0.25) is 0 Å². The average Bonchev–Trinajstić information content (AvgIpc) is 3.31. The van der Waals surface area contributed by atoms with Crippen LogP contribution in [0.25, 0.3) is 0 Å². The first-order chi connectivity index (χ1) is 12.7. The van der Waals surface area contributed by atoms with Gasteiger partial charge >= 0.3 is 6.09 Å². The molecule has 138 valence electrons. The van der Waals surface area contributed by atoms with E-state index in [1.807, 2.05) is 4.90 Å². The zero-order valence-corrected chi connectivity index (χ0v) is 14.2. The number of carbonyl (C=O) groups is 1. The highest BCUT2D eigenvalue weighted by Gasteiger charge is 2.32. The van der Waals surface area contributed by atoms with Gasteiger partial charge in [-0.1, -0.05) is 0 Å². The Morgan fingerprint density at radius 2 is 2.12 bits per heavy atom. The predicted octanol–water partition coefficient (Wildman–Crippen LogP) is 0.938. The van der Waals surface area contributed by atoms with Crippen molar-refractivity contribution < 1.29 is 13.9 Å². The molecule has 0 aliphatic carbocycles. The number of nitrogens with two attached hydrogens (primary N) is 1. The van der Waals surface area contributed by atoms with E-state index >= 15 is 0 Å². The topological polar surface area (TPSA) is 102 Å². The molecule has 2 fully saturated rings. The van der Waals surface area contributed by atoms with Crippen molar-refractivity contribution in [2.45, 2.75) is 25.0 Å². The molecule has 4 rings (SSSR count). The molecule has 2 aromatic rings. The first-order valence-corrected chi connectivity index (χ1v) is 8.61. The Labute approximate surface area is 149 Å². The minimum Gasteiger partial charge on any atom is -0.443 e. The number of cyclic esters (lactones) is 1. The number of aromatic nitrogens is 4. The van der Waals surface area contributed by atoms with Crippen LogP contribution in [0, 0.1) is 5.82 Å². The summed E-state index contributed by atoms with van der Waals surface area (Å²) in [5, 5.41) is 11.7. The van der Waals surface area contributed by atoms with Crippen molar-refractivity contribution in [3.8, 4) is 0 Å². The summed E-state index contributed by atoms with van der Waals surface area (Å²) in [5.74, 6) is -0.358. The lowest BCUT2D eigenvalue weighted by atomic mass is 10.0. The average molecular weight is 361 g/mol. The summed E-state index contributed by atoms with van der Waals surface area (Å²) < 4.78 is 19.8. The van der Waals surface area contributed by atoms with Crippen molar-refractivity contribution >= 4 is 17.5 Å². The predicted molar refractivity (Wildman–Crippen MR) is 91.4 cm³/mol. The quantitative estimate of drug-likeness (QED) is 0.864. The van der Waals surface area contributed by atoms with E-state index in [9.17, 15) is 9.18 Å². The van der Waals surface area contributed by atoms with Gasteiger partial charge in [0.1, 0.15) is 11.9 Å². The largest absolute Gasteiger partial charge is 0.443 e. The fourth-order valence-corrected chi connectivity index (χ4v) is 3.46. The van der Waals surface area contributed by atoms with E-state index in [0.29, 0.717) is 31.0 Å². The lowest BCUT2D eigenvalue weighted by molar-refractivity contribution is 0.145. The summed E-state index contributed by atoms with van der Waals surface area (Å²) in [6, 6.07) is 5.01. The van der Waals surface area contributed by atoms with Crippen molar-refractivity contribution in [3.63, 3.8) is 0 Å². The maximum absolute atomic E-state index is 14.7. The van der Waals surface area contributed by atoms with Gasteiger partial charge in [0.25, 0.3) is 0 Å². The molecule has 0 radical (unpaired) electrons. The number of tetrazole rings is 1. The molecule has 9 nitrogen and oxygen atoms in total. The van der Waals surface area contributed by atoms with Crippen LogP contribution in [0.2, 0.25) is 0 Å². The van der Waals surface area contributed by atoms with Crippen LogP contribution < -0.4 is 15.5 Å². The van der Waals surface area contributed by atoms with Gasteiger partial charge in [-0.2, -0.15) is 4.80 Å². The third-order valence-electron chi connectivity index (χ3n) is 4.88. The second-order valence-corrected chi connectivity index (χ2v) is 6.46. The summed E-state index contributed by atoms with van der Waals surface area (Å²) in [6.07, 6.45) is 2.20. The Balaban J connectivity index is 1.45. The Morgan fingerprint density at radius 3 is 2.73 bits per heavy atom. The second kappa shape index (κ2) is 6.87. The van der Waals surface area contributed by atoms with Crippen molar-refractivity contribution in [1.82, 2.24) is 20.2 Å². The normalized spacial score (nSPS) is 21.3. The van der Waals surface area contributed by atoms with Crippen molar-refractivity contribution in [1.29, 1.82) is 0 Å². The summed E-state index contributed by atoms with van der Waals surface area (Å²) >= 11 is 0. The number of carbonyl (C=O) groups excluding carboxylic acids is 1. The van der Waals surface area contributed by atoms with E-state index in [1.165, 1.54) is 17.3 Å². The summed E-state index contributed by atoms with van der Waals surface area (Å²) in [7, 11) is 0. The fraction of sp³-hybridized carbons (Fsp3) is 0.500. The molecule has 2 aliphatic rings. The Bertz CT molecular complexity index is 777. The minimum atomic E-state index is -0.492. The lowest BCUT2D eigenvalue weighted by Gasteiger charge is -2.33. The number of nitrogens with zero attached hydrogens (tertiary/aromatic N) is 6. The minimum absolute atomic E-state index is 0.184. The molecule has 1 amide bonds.